The Balaban J connectivity index is 1.82. The molecule has 0 unspecified atom stereocenters. The third-order valence-electron chi connectivity index (χ3n) is 4.22. The molecule has 0 radical (unpaired) electrons. The van der Waals surface area contributed by atoms with E-state index in [1.54, 1.807) is 4.68 Å². The second kappa shape index (κ2) is 6.30. The van der Waals surface area contributed by atoms with Crippen LogP contribution in [0.3, 0.4) is 0 Å². The number of carbonyl (C=O) groups is 1. The minimum atomic E-state index is 0.134. The molecule has 1 amide bonds. The van der Waals surface area contributed by atoms with Gasteiger partial charge in [-0.25, -0.2) is 9.67 Å². The molecule has 0 aliphatic carbocycles. The molecule has 0 N–H and O–H groups in total. The largest absolute Gasteiger partial charge is 0.338 e. The Morgan fingerprint density at radius 1 is 1.27 bits per heavy atom. The van der Waals surface area contributed by atoms with Crippen LogP contribution in [0.1, 0.15) is 32.0 Å². The zero-order chi connectivity index (χ0) is 15.5. The summed E-state index contributed by atoms with van der Waals surface area (Å²) in [5.74, 6) is 1.59. The summed E-state index contributed by atoms with van der Waals surface area (Å²) in [6.07, 6.45) is 3.40. The number of carbonyl (C=O) groups excluding carboxylic acids is 1. The highest BCUT2D eigenvalue weighted by atomic mass is 16.2. The van der Waals surface area contributed by atoms with E-state index in [0.29, 0.717) is 11.9 Å². The molecule has 5 nitrogen and oxygen atoms in total. The normalized spacial score (nSPS) is 18.5. The molecule has 2 heterocycles. The maximum Gasteiger partial charge on any atom is 0.244 e. The molecular weight excluding hydrogens is 276 g/mol. The number of piperidine rings is 1. The molecule has 0 saturated carbocycles. The van der Waals surface area contributed by atoms with Crippen molar-refractivity contribution in [3.05, 3.63) is 36.2 Å². The van der Waals surface area contributed by atoms with Crippen molar-refractivity contribution in [1.82, 2.24) is 19.7 Å². The van der Waals surface area contributed by atoms with E-state index in [-0.39, 0.29) is 12.5 Å². The average molecular weight is 298 g/mol. The molecule has 5 heteroatoms. The molecule has 1 aromatic heterocycles. The SMILES string of the molecule is Cc1nc(-c2ccccc2)n(CC(=O)N2CCCC[C@@H]2C)n1. The van der Waals surface area contributed by atoms with Gasteiger partial charge in [-0.05, 0) is 33.1 Å². The van der Waals surface area contributed by atoms with E-state index in [4.69, 9.17) is 0 Å². The van der Waals surface area contributed by atoms with Crippen LogP contribution in [0.15, 0.2) is 30.3 Å². The molecule has 1 fully saturated rings. The van der Waals surface area contributed by atoms with Crippen LogP contribution < -0.4 is 0 Å². The van der Waals surface area contributed by atoms with Crippen molar-refractivity contribution in [1.29, 1.82) is 0 Å². The Morgan fingerprint density at radius 2 is 2.05 bits per heavy atom. The van der Waals surface area contributed by atoms with Crippen LogP contribution >= 0.6 is 0 Å². The van der Waals surface area contributed by atoms with Gasteiger partial charge in [-0.2, -0.15) is 5.10 Å². The van der Waals surface area contributed by atoms with Gasteiger partial charge in [0.2, 0.25) is 5.91 Å². The minimum absolute atomic E-state index is 0.134. The van der Waals surface area contributed by atoms with Crippen LogP contribution in [0, 0.1) is 6.92 Å². The predicted molar refractivity (Wildman–Crippen MR) is 85.2 cm³/mol. The summed E-state index contributed by atoms with van der Waals surface area (Å²) in [6.45, 7) is 5.10. The standard InChI is InChI=1S/C17H22N4O/c1-13-8-6-7-11-20(13)16(22)12-21-17(18-14(2)19-21)15-9-4-3-5-10-15/h3-5,9-10,13H,6-8,11-12H2,1-2H3/t13-/m0/s1. The van der Waals surface area contributed by atoms with E-state index in [2.05, 4.69) is 17.0 Å². The van der Waals surface area contributed by atoms with Crippen molar-refractivity contribution in [2.24, 2.45) is 0 Å². The zero-order valence-electron chi connectivity index (χ0n) is 13.2. The van der Waals surface area contributed by atoms with Crippen LogP contribution in [-0.4, -0.2) is 38.2 Å². The lowest BCUT2D eigenvalue weighted by molar-refractivity contribution is -0.135. The van der Waals surface area contributed by atoms with E-state index in [0.717, 1.165) is 30.8 Å². The van der Waals surface area contributed by atoms with Crippen LogP contribution in [0.4, 0.5) is 0 Å². The lowest BCUT2D eigenvalue weighted by Gasteiger charge is -2.33. The summed E-state index contributed by atoms with van der Waals surface area (Å²) in [4.78, 5) is 19.1. The van der Waals surface area contributed by atoms with Gasteiger partial charge in [-0.3, -0.25) is 4.79 Å². The first kappa shape index (κ1) is 14.8. The Bertz CT molecular complexity index is 650. The molecule has 1 saturated heterocycles. The van der Waals surface area contributed by atoms with E-state index >= 15 is 0 Å². The summed E-state index contributed by atoms with van der Waals surface area (Å²) in [6, 6.07) is 10.2. The first-order chi connectivity index (χ1) is 10.6. The highest BCUT2D eigenvalue weighted by molar-refractivity contribution is 5.77. The van der Waals surface area contributed by atoms with Gasteiger partial charge >= 0.3 is 0 Å². The van der Waals surface area contributed by atoms with Gasteiger partial charge in [0, 0.05) is 18.2 Å². The van der Waals surface area contributed by atoms with Gasteiger partial charge in [0.25, 0.3) is 0 Å². The molecule has 0 spiro atoms. The quantitative estimate of drug-likeness (QED) is 0.875. The monoisotopic (exact) mass is 298 g/mol. The molecule has 1 aliphatic heterocycles. The number of hydrogen-bond donors (Lipinski definition) is 0. The Labute approximate surface area is 131 Å². The van der Waals surface area contributed by atoms with Crippen molar-refractivity contribution in [3.63, 3.8) is 0 Å². The zero-order valence-corrected chi connectivity index (χ0v) is 13.2. The highest BCUT2D eigenvalue weighted by Crippen LogP contribution is 2.19. The summed E-state index contributed by atoms with van der Waals surface area (Å²) >= 11 is 0. The molecule has 0 bridgehead atoms. The van der Waals surface area contributed by atoms with Crippen molar-refractivity contribution in [3.8, 4) is 11.4 Å². The maximum atomic E-state index is 12.6. The van der Waals surface area contributed by atoms with Crippen LogP contribution in [0.25, 0.3) is 11.4 Å². The van der Waals surface area contributed by atoms with Crippen LogP contribution in [0.5, 0.6) is 0 Å². The molecule has 1 aliphatic rings. The van der Waals surface area contributed by atoms with Gasteiger partial charge in [0.05, 0.1) is 0 Å². The number of amides is 1. The first-order valence-corrected chi connectivity index (χ1v) is 7.91. The van der Waals surface area contributed by atoms with E-state index in [1.807, 2.05) is 42.2 Å². The minimum Gasteiger partial charge on any atom is -0.338 e. The molecule has 22 heavy (non-hydrogen) atoms. The fourth-order valence-corrected chi connectivity index (χ4v) is 3.05. The lowest BCUT2D eigenvalue weighted by atomic mass is 10.0. The van der Waals surface area contributed by atoms with Gasteiger partial charge in [-0.15, -0.1) is 0 Å². The maximum absolute atomic E-state index is 12.6. The van der Waals surface area contributed by atoms with Gasteiger partial charge in [0.1, 0.15) is 12.4 Å². The summed E-state index contributed by atoms with van der Waals surface area (Å²) in [5, 5.41) is 4.40. The Hall–Kier alpha value is -2.17. The number of rotatable bonds is 3. The van der Waals surface area contributed by atoms with Crippen LogP contribution in [0.2, 0.25) is 0 Å². The fourth-order valence-electron chi connectivity index (χ4n) is 3.05. The number of nitrogens with zero attached hydrogens (tertiary/aromatic N) is 4. The molecule has 3 rings (SSSR count). The smallest absolute Gasteiger partial charge is 0.244 e. The second-order valence-corrected chi connectivity index (χ2v) is 5.94. The Morgan fingerprint density at radius 3 is 2.77 bits per heavy atom. The topological polar surface area (TPSA) is 51.0 Å². The third-order valence-corrected chi connectivity index (χ3v) is 4.22. The van der Waals surface area contributed by atoms with E-state index in [9.17, 15) is 4.79 Å². The number of benzene rings is 1. The van der Waals surface area contributed by atoms with Gasteiger partial charge < -0.3 is 4.90 Å². The third kappa shape index (κ3) is 3.03. The number of aromatic nitrogens is 3. The molecule has 2 aromatic rings. The number of hydrogen-bond acceptors (Lipinski definition) is 3. The molecule has 116 valence electrons. The van der Waals surface area contributed by atoms with Crippen molar-refractivity contribution in [2.75, 3.05) is 6.54 Å². The number of likely N-dealkylation sites (tertiary alicyclic amines) is 1. The highest BCUT2D eigenvalue weighted by Gasteiger charge is 2.24. The molecule has 1 aromatic carbocycles. The fraction of sp³-hybridized carbons (Fsp3) is 0.471. The van der Waals surface area contributed by atoms with Crippen LogP contribution in [-0.2, 0) is 11.3 Å². The van der Waals surface area contributed by atoms with Gasteiger partial charge in [0.15, 0.2) is 5.82 Å². The number of aryl methyl sites for hydroxylation is 1. The Kier molecular flexibility index (Phi) is 4.22. The first-order valence-electron chi connectivity index (χ1n) is 7.91. The average Bonchev–Trinajstić information content (AvgIpc) is 2.89. The van der Waals surface area contributed by atoms with Crippen molar-refractivity contribution in [2.45, 2.75) is 45.7 Å². The van der Waals surface area contributed by atoms with E-state index < -0.39 is 0 Å². The van der Waals surface area contributed by atoms with Crippen molar-refractivity contribution < 1.29 is 4.79 Å². The second-order valence-electron chi connectivity index (χ2n) is 5.94. The molecular formula is C17H22N4O. The van der Waals surface area contributed by atoms with Gasteiger partial charge in [-0.1, -0.05) is 30.3 Å². The summed E-state index contributed by atoms with van der Waals surface area (Å²) < 4.78 is 1.73. The summed E-state index contributed by atoms with van der Waals surface area (Å²) in [5.41, 5.74) is 0.989. The van der Waals surface area contributed by atoms with Crippen molar-refractivity contribution >= 4 is 5.91 Å². The van der Waals surface area contributed by atoms with E-state index in [1.165, 1.54) is 6.42 Å². The lowest BCUT2D eigenvalue weighted by Crippen LogP contribution is -2.43. The summed E-state index contributed by atoms with van der Waals surface area (Å²) in [7, 11) is 0. The molecule has 1 atom stereocenters. The predicted octanol–water partition coefficient (Wildman–Crippen LogP) is 2.65.